The molecule has 1 fully saturated rings. The monoisotopic (exact) mass is 327 g/mol. The molecule has 2 heterocycles. The van der Waals surface area contributed by atoms with E-state index in [1.807, 2.05) is 0 Å². The summed E-state index contributed by atoms with van der Waals surface area (Å²) in [5.74, 6) is 0.175. The van der Waals surface area contributed by atoms with Gasteiger partial charge in [0, 0.05) is 24.7 Å². The van der Waals surface area contributed by atoms with Crippen molar-refractivity contribution >= 4 is 21.6 Å². The number of fused-ring (bicyclic) bond motifs is 1. The SMILES string of the molecule is COc1cc2c(cc1S(=O)(=O)NC1CCNC1)OCC(=O)N2. The fourth-order valence-electron chi connectivity index (χ4n) is 2.50. The molecule has 120 valence electrons. The highest BCUT2D eigenvalue weighted by Crippen LogP contribution is 2.37. The fraction of sp³-hybridized carbons (Fsp3) is 0.462. The van der Waals surface area contributed by atoms with Gasteiger partial charge in [-0.15, -0.1) is 0 Å². The third kappa shape index (κ3) is 2.87. The first-order valence-electron chi connectivity index (χ1n) is 6.87. The highest BCUT2D eigenvalue weighted by Gasteiger charge is 2.28. The summed E-state index contributed by atoms with van der Waals surface area (Å²) in [6.45, 7) is 1.24. The molecule has 1 atom stereocenters. The zero-order valence-electron chi connectivity index (χ0n) is 12.0. The Balaban J connectivity index is 1.96. The topological polar surface area (TPSA) is 106 Å². The van der Waals surface area contributed by atoms with E-state index in [1.54, 1.807) is 0 Å². The maximum Gasteiger partial charge on any atom is 0.262 e. The van der Waals surface area contributed by atoms with Crippen molar-refractivity contribution in [2.45, 2.75) is 17.4 Å². The van der Waals surface area contributed by atoms with Gasteiger partial charge < -0.3 is 20.1 Å². The van der Waals surface area contributed by atoms with Gasteiger partial charge in [0.15, 0.2) is 6.61 Å². The third-order valence-corrected chi connectivity index (χ3v) is 5.11. The Labute approximate surface area is 128 Å². The molecule has 9 heteroatoms. The number of methoxy groups -OCH3 is 1. The van der Waals surface area contributed by atoms with E-state index < -0.39 is 10.0 Å². The summed E-state index contributed by atoms with van der Waals surface area (Å²) < 4.78 is 38.2. The fourth-order valence-corrected chi connectivity index (χ4v) is 3.93. The number of ether oxygens (including phenoxy) is 2. The van der Waals surface area contributed by atoms with E-state index in [9.17, 15) is 13.2 Å². The highest BCUT2D eigenvalue weighted by atomic mass is 32.2. The number of nitrogens with one attached hydrogen (secondary N) is 3. The predicted molar refractivity (Wildman–Crippen MR) is 78.7 cm³/mol. The van der Waals surface area contributed by atoms with Crippen LogP contribution in [0.25, 0.3) is 0 Å². The molecule has 0 saturated carbocycles. The van der Waals surface area contributed by atoms with Gasteiger partial charge in [-0.3, -0.25) is 4.79 Å². The van der Waals surface area contributed by atoms with E-state index in [1.165, 1.54) is 19.2 Å². The summed E-state index contributed by atoms with van der Waals surface area (Å²) in [6.07, 6.45) is 0.735. The second kappa shape index (κ2) is 5.75. The lowest BCUT2D eigenvalue weighted by Gasteiger charge is -2.21. The third-order valence-electron chi connectivity index (χ3n) is 3.57. The lowest BCUT2D eigenvalue weighted by atomic mass is 10.2. The van der Waals surface area contributed by atoms with Crippen molar-refractivity contribution in [1.29, 1.82) is 0 Å². The summed E-state index contributed by atoms with van der Waals surface area (Å²) in [4.78, 5) is 11.3. The minimum atomic E-state index is -3.74. The molecule has 1 saturated heterocycles. The zero-order valence-corrected chi connectivity index (χ0v) is 12.8. The van der Waals surface area contributed by atoms with Crippen LogP contribution in [0.2, 0.25) is 0 Å². The molecular weight excluding hydrogens is 310 g/mol. The molecular formula is C13H17N3O5S. The lowest BCUT2D eigenvalue weighted by Crippen LogP contribution is -2.36. The number of anilines is 1. The quantitative estimate of drug-likeness (QED) is 0.699. The molecule has 8 nitrogen and oxygen atoms in total. The van der Waals surface area contributed by atoms with Crippen molar-refractivity contribution in [3.05, 3.63) is 12.1 Å². The van der Waals surface area contributed by atoms with E-state index in [2.05, 4.69) is 15.4 Å². The number of benzene rings is 1. The molecule has 3 rings (SSSR count). The first-order valence-corrected chi connectivity index (χ1v) is 8.35. The molecule has 2 aliphatic rings. The van der Waals surface area contributed by atoms with E-state index in [0.717, 1.165) is 13.0 Å². The van der Waals surface area contributed by atoms with Crippen LogP contribution in [0.3, 0.4) is 0 Å². The number of hydrogen-bond donors (Lipinski definition) is 3. The van der Waals surface area contributed by atoms with Crippen molar-refractivity contribution < 1.29 is 22.7 Å². The Hall–Kier alpha value is -1.84. The van der Waals surface area contributed by atoms with E-state index in [0.29, 0.717) is 18.0 Å². The normalized spacial score (nSPS) is 21.0. The molecule has 0 aromatic heterocycles. The van der Waals surface area contributed by atoms with Crippen LogP contribution in [-0.2, 0) is 14.8 Å². The minimum Gasteiger partial charge on any atom is -0.495 e. The molecule has 2 aliphatic heterocycles. The number of rotatable bonds is 4. The van der Waals surface area contributed by atoms with Gasteiger partial charge >= 0.3 is 0 Å². The van der Waals surface area contributed by atoms with Crippen LogP contribution in [0, 0.1) is 0 Å². The number of amides is 1. The van der Waals surface area contributed by atoms with Crippen LogP contribution in [0.5, 0.6) is 11.5 Å². The molecule has 1 amide bonds. The first kappa shape index (κ1) is 15.1. The molecule has 0 bridgehead atoms. The Morgan fingerprint density at radius 1 is 1.41 bits per heavy atom. The van der Waals surface area contributed by atoms with Crippen molar-refractivity contribution in [2.75, 3.05) is 32.1 Å². The molecule has 0 radical (unpaired) electrons. The predicted octanol–water partition coefficient (Wildman–Crippen LogP) is -0.334. The maximum atomic E-state index is 12.6. The number of hydrogen-bond acceptors (Lipinski definition) is 6. The summed E-state index contributed by atoms with van der Waals surface area (Å²) >= 11 is 0. The van der Waals surface area contributed by atoms with E-state index in [-0.39, 0.29) is 29.2 Å². The lowest BCUT2D eigenvalue weighted by molar-refractivity contribution is -0.118. The molecule has 22 heavy (non-hydrogen) atoms. The van der Waals surface area contributed by atoms with Gasteiger partial charge in [0.2, 0.25) is 10.0 Å². The average molecular weight is 327 g/mol. The van der Waals surface area contributed by atoms with Crippen LogP contribution >= 0.6 is 0 Å². The Morgan fingerprint density at radius 3 is 2.91 bits per heavy atom. The van der Waals surface area contributed by atoms with Gasteiger partial charge in [-0.25, -0.2) is 13.1 Å². The number of carbonyl (C=O) groups is 1. The highest BCUT2D eigenvalue weighted by molar-refractivity contribution is 7.89. The van der Waals surface area contributed by atoms with Gasteiger partial charge in [-0.05, 0) is 13.0 Å². The van der Waals surface area contributed by atoms with E-state index in [4.69, 9.17) is 9.47 Å². The Bertz CT molecular complexity index is 698. The molecule has 1 aromatic rings. The molecule has 0 aliphatic carbocycles. The summed E-state index contributed by atoms with van der Waals surface area (Å²) in [7, 11) is -2.36. The zero-order chi connectivity index (χ0) is 15.7. The second-order valence-electron chi connectivity index (χ2n) is 5.15. The van der Waals surface area contributed by atoms with Crippen molar-refractivity contribution in [3.63, 3.8) is 0 Å². The minimum absolute atomic E-state index is 0.00296. The second-order valence-corrected chi connectivity index (χ2v) is 6.83. The van der Waals surface area contributed by atoms with Crippen molar-refractivity contribution in [3.8, 4) is 11.5 Å². The maximum absolute atomic E-state index is 12.6. The first-order chi connectivity index (χ1) is 10.5. The van der Waals surface area contributed by atoms with Crippen molar-refractivity contribution in [1.82, 2.24) is 10.0 Å². The molecule has 3 N–H and O–H groups in total. The van der Waals surface area contributed by atoms with Crippen LogP contribution in [0.15, 0.2) is 17.0 Å². The molecule has 0 spiro atoms. The summed E-state index contributed by atoms with van der Waals surface area (Å²) in [5, 5.41) is 5.72. The number of sulfonamides is 1. The summed E-state index contributed by atoms with van der Waals surface area (Å²) in [6, 6.07) is 2.68. The summed E-state index contributed by atoms with van der Waals surface area (Å²) in [5.41, 5.74) is 0.398. The largest absolute Gasteiger partial charge is 0.495 e. The number of carbonyl (C=O) groups excluding carboxylic acids is 1. The Morgan fingerprint density at radius 2 is 2.23 bits per heavy atom. The van der Waals surface area contributed by atoms with E-state index >= 15 is 0 Å². The standard InChI is InChI=1S/C13H17N3O5S/c1-20-11-4-9-10(21-7-13(17)15-9)5-12(11)22(18,19)16-8-2-3-14-6-8/h4-5,8,14,16H,2-3,6-7H2,1H3,(H,15,17). The van der Waals surface area contributed by atoms with Gasteiger partial charge in [-0.2, -0.15) is 0 Å². The Kier molecular flexibility index (Phi) is 3.94. The van der Waals surface area contributed by atoms with Gasteiger partial charge in [0.1, 0.15) is 16.4 Å². The van der Waals surface area contributed by atoms with Crippen LogP contribution in [-0.4, -0.2) is 47.2 Å². The average Bonchev–Trinajstić information content (AvgIpc) is 2.97. The molecule has 1 unspecified atom stereocenters. The van der Waals surface area contributed by atoms with Gasteiger partial charge in [-0.1, -0.05) is 0 Å². The molecule has 1 aromatic carbocycles. The van der Waals surface area contributed by atoms with Crippen molar-refractivity contribution in [2.24, 2.45) is 0 Å². The van der Waals surface area contributed by atoms with Crippen LogP contribution in [0.1, 0.15) is 6.42 Å². The van der Waals surface area contributed by atoms with Gasteiger partial charge in [0.05, 0.1) is 12.8 Å². The van der Waals surface area contributed by atoms with Crippen LogP contribution in [0.4, 0.5) is 5.69 Å². The smallest absolute Gasteiger partial charge is 0.262 e. The van der Waals surface area contributed by atoms with Crippen LogP contribution < -0.4 is 24.8 Å². The van der Waals surface area contributed by atoms with Gasteiger partial charge in [0.25, 0.3) is 5.91 Å².